The van der Waals surface area contributed by atoms with Crippen LogP contribution in [0.2, 0.25) is 0 Å². The number of nitrogens with one attached hydrogen (secondary N) is 2. The van der Waals surface area contributed by atoms with Gasteiger partial charge in [0.1, 0.15) is 5.00 Å². The normalized spacial score (nSPS) is 18.6. The fourth-order valence-corrected chi connectivity index (χ4v) is 4.21. The number of non-ortho nitro benzene ring substituents is 1. The number of amides is 2. The highest BCUT2D eigenvalue weighted by molar-refractivity contribution is 7.14. The predicted molar refractivity (Wildman–Crippen MR) is 107 cm³/mol. The van der Waals surface area contributed by atoms with Gasteiger partial charge in [0.15, 0.2) is 0 Å². The van der Waals surface area contributed by atoms with Crippen LogP contribution in [0.25, 0.3) is 0 Å². The first-order chi connectivity index (χ1) is 13.9. The van der Waals surface area contributed by atoms with Crippen molar-refractivity contribution in [1.82, 2.24) is 0 Å². The largest absolute Gasteiger partial charge is 0.481 e. The molecule has 2 atom stereocenters. The van der Waals surface area contributed by atoms with Crippen molar-refractivity contribution in [1.29, 1.82) is 0 Å². The van der Waals surface area contributed by atoms with E-state index in [0.717, 1.165) is 24.2 Å². The van der Waals surface area contributed by atoms with Crippen molar-refractivity contribution in [2.75, 3.05) is 10.6 Å². The number of hydrogen-bond donors (Lipinski definition) is 3. The number of carboxylic acids is 1. The lowest BCUT2D eigenvalue weighted by Crippen LogP contribution is -2.36. The van der Waals surface area contributed by atoms with Gasteiger partial charge in [0.25, 0.3) is 11.6 Å². The molecule has 1 aliphatic rings. The third kappa shape index (κ3) is 4.77. The van der Waals surface area contributed by atoms with Gasteiger partial charge in [-0.05, 0) is 30.4 Å². The highest BCUT2D eigenvalue weighted by Gasteiger charge is 2.36. The van der Waals surface area contributed by atoms with Crippen LogP contribution in [0.1, 0.15) is 36.0 Å². The lowest BCUT2D eigenvalue weighted by atomic mass is 9.79. The third-order valence-electron chi connectivity index (χ3n) is 4.88. The van der Waals surface area contributed by atoms with Crippen molar-refractivity contribution in [3.05, 3.63) is 51.4 Å². The molecule has 1 saturated carbocycles. The molecule has 1 aromatic carbocycles. The van der Waals surface area contributed by atoms with Crippen LogP contribution >= 0.6 is 11.3 Å². The Balaban J connectivity index is 1.72. The summed E-state index contributed by atoms with van der Waals surface area (Å²) in [5.74, 6) is -3.30. The molecule has 29 heavy (non-hydrogen) atoms. The fourth-order valence-electron chi connectivity index (χ4n) is 3.43. The number of hydrogen-bond acceptors (Lipinski definition) is 6. The molecule has 2 aromatic rings. The van der Waals surface area contributed by atoms with Gasteiger partial charge in [0.05, 0.1) is 22.3 Å². The van der Waals surface area contributed by atoms with Crippen molar-refractivity contribution in [3.8, 4) is 0 Å². The van der Waals surface area contributed by atoms with Crippen LogP contribution in [0, 0.1) is 22.0 Å². The Morgan fingerprint density at radius 3 is 2.52 bits per heavy atom. The number of aliphatic carboxylic acids is 1. The van der Waals surface area contributed by atoms with Crippen LogP contribution in [0.3, 0.4) is 0 Å². The van der Waals surface area contributed by atoms with Gasteiger partial charge in [-0.3, -0.25) is 24.5 Å². The quantitative estimate of drug-likeness (QED) is 0.483. The highest BCUT2D eigenvalue weighted by Crippen LogP contribution is 2.33. The van der Waals surface area contributed by atoms with Crippen LogP contribution < -0.4 is 10.6 Å². The minimum Gasteiger partial charge on any atom is -0.481 e. The molecule has 1 aromatic heterocycles. The molecule has 1 aliphatic carbocycles. The summed E-state index contributed by atoms with van der Waals surface area (Å²) in [5, 5.41) is 27.4. The van der Waals surface area contributed by atoms with Gasteiger partial charge in [-0.25, -0.2) is 0 Å². The number of carbonyl (C=O) groups excluding carboxylic acids is 2. The van der Waals surface area contributed by atoms with Gasteiger partial charge in [0, 0.05) is 17.8 Å². The number of nitrogens with zero attached hydrogens (tertiary/aromatic N) is 1. The molecular formula is C19H19N3O6S. The molecule has 9 nitrogen and oxygen atoms in total. The van der Waals surface area contributed by atoms with E-state index >= 15 is 0 Å². The van der Waals surface area contributed by atoms with E-state index in [-0.39, 0.29) is 16.9 Å². The van der Waals surface area contributed by atoms with Gasteiger partial charge in [-0.1, -0.05) is 18.9 Å². The zero-order chi connectivity index (χ0) is 21.0. The number of carbonyl (C=O) groups is 3. The summed E-state index contributed by atoms with van der Waals surface area (Å²) in [7, 11) is 0. The van der Waals surface area contributed by atoms with Crippen molar-refractivity contribution in [3.63, 3.8) is 0 Å². The first-order valence-electron chi connectivity index (χ1n) is 9.04. The van der Waals surface area contributed by atoms with Gasteiger partial charge in [-0.15, -0.1) is 11.3 Å². The highest BCUT2D eigenvalue weighted by atomic mass is 32.1. The maximum atomic E-state index is 12.7. The van der Waals surface area contributed by atoms with Gasteiger partial charge >= 0.3 is 5.97 Å². The van der Waals surface area contributed by atoms with Crippen LogP contribution in [0.5, 0.6) is 0 Å². The van der Waals surface area contributed by atoms with E-state index in [9.17, 15) is 29.6 Å². The second kappa shape index (κ2) is 8.82. The topological polar surface area (TPSA) is 139 Å². The summed E-state index contributed by atoms with van der Waals surface area (Å²) in [6, 6.07) is 7.06. The van der Waals surface area contributed by atoms with Crippen LogP contribution in [0.15, 0.2) is 35.7 Å². The minimum atomic E-state index is -0.986. The van der Waals surface area contributed by atoms with Gasteiger partial charge in [0.2, 0.25) is 5.91 Å². The molecule has 0 bridgehead atoms. The Kier molecular flexibility index (Phi) is 6.23. The summed E-state index contributed by atoms with van der Waals surface area (Å²) in [4.78, 5) is 47.0. The van der Waals surface area contributed by atoms with Crippen molar-refractivity contribution in [2.45, 2.75) is 25.7 Å². The minimum absolute atomic E-state index is 0.154. The molecule has 2 amide bonds. The van der Waals surface area contributed by atoms with Crippen LogP contribution in [0.4, 0.5) is 16.4 Å². The Bertz CT molecular complexity index is 957. The molecule has 0 unspecified atom stereocenters. The lowest BCUT2D eigenvalue weighted by molar-refractivity contribution is -0.384. The standard InChI is InChI=1S/C19H19N3O6S/c23-16(13-6-1-2-7-14(13)19(25)26)21-18-15(8-9-29-18)17(24)20-11-4-3-5-12(10-11)22(27)28/h3-5,8-10,13-14H,1-2,6-7H2,(H,20,24)(H,21,23)(H,25,26)/t13-,14+/m1/s1. The first-order valence-corrected chi connectivity index (χ1v) is 9.91. The summed E-state index contributed by atoms with van der Waals surface area (Å²) in [5.41, 5.74) is 0.307. The zero-order valence-electron chi connectivity index (χ0n) is 15.3. The maximum Gasteiger partial charge on any atom is 0.307 e. The number of rotatable bonds is 6. The number of benzene rings is 1. The molecule has 0 spiro atoms. The average Bonchev–Trinajstić information content (AvgIpc) is 3.16. The third-order valence-corrected chi connectivity index (χ3v) is 5.71. The number of nitro benzene ring substituents is 1. The van der Waals surface area contributed by atoms with Crippen molar-refractivity contribution in [2.24, 2.45) is 11.8 Å². The molecule has 1 heterocycles. The molecule has 3 N–H and O–H groups in total. The van der Waals surface area contributed by atoms with E-state index < -0.39 is 34.5 Å². The Labute approximate surface area is 169 Å². The van der Waals surface area contributed by atoms with Crippen molar-refractivity contribution < 1.29 is 24.4 Å². The number of thiophene rings is 1. The molecule has 10 heteroatoms. The van der Waals surface area contributed by atoms with Crippen molar-refractivity contribution >= 4 is 45.5 Å². The molecule has 1 fully saturated rings. The van der Waals surface area contributed by atoms with E-state index in [1.807, 2.05) is 0 Å². The van der Waals surface area contributed by atoms with E-state index in [1.165, 1.54) is 30.3 Å². The summed E-state index contributed by atoms with van der Waals surface area (Å²) < 4.78 is 0. The van der Waals surface area contributed by atoms with Crippen LogP contribution in [-0.2, 0) is 9.59 Å². The predicted octanol–water partition coefficient (Wildman–Crippen LogP) is 3.74. The molecule has 0 aliphatic heterocycles. The van der Waals surface area contributed by atoms with E-state index in [4.69, 9.17) is 0 Å². The zero-order valence-corrected chi connectivity index (χ0v) is 16.1. The Morgan fingerprint density at radius 1 is 1.10 bits per heavy atom. The molecule has 0 saturated heterocycles. The summed E-state index contributed by atoms with van der Waals surface area (Å²) in [6.07, 6.45) is 2.50. The monoisotopic (exact) mass is 417 g/mol. The number of anilines is 2. The fraction of sp³-hybridized carbons (Fsp3) is 0.316. The lowest BCUT2D eigenvalue weighted by Gasteiger charge is -2.27. The van der Waals surface area contributed by atoms with Crippen LogP contribution in [-0.4, -0.2) is 27.8 Å². The smallest absolute Gasteiger partial charge is 0.307 e. The molecule has 152 valence electrons. The van der Waals surface area contributed by atoms with E-state index in [1.54, 1.807) is 5.38 Å². The second-order valence-electron chi connectivity index (χ2n) is 6.75. The second-order valence-corrected chi connectivity index (χ2v) is 7.67. The van der Waals surface area contributed by atoms with Gasteiger partial charge < -0.3 is 15.7 Å². The Morgan fingerprint density at radius 2 is 1.83 bits per heavy atom. The van der Waals surface area contributed by atoms with E-state index in [0.29, 0.717) is 17.8 Å². The molecular weight excluding hydrogens is 398 g/mol. The SMILES string of the molecule is O=C(Nc1cccc([N+](=O)[O-])c1)c1ccsc1NC(=O)[C@@H]1CCCC[C@@H]1C(=O)O. The van der Waals surface area contributed by atoms with E-state index in [2.05, 4.69) is 10.6 Å². The molecule has 3 rings (SSSR count). The maximum absolute atomic E-state index is 12.7. The summed E-state index contributed by atoms with van der Waals surface area (Å²) in [6.45, 7) is 0. The Hall–Kier alpha value is -3.27. The molecule has 0 radical (unpaired) electrons. The van der Waals surface area contributed by atoms with Gasteiger partial charge in [-0.2, -0.15) is 0 Å². The summed E-state index contributed by atoms with van der Waals surface area (Å²) >= 11 is 1.15. The first kappa shape index (κ1) is 20.5. The number of carboxylic acid groups (broad SMARTS) is 1. The average molecular weight is 417 g/mol. The number of nitro groups is 1.